The molecule has 186 valence electrons. The Morgan fingerprint density at radius 3 is 2.62 bits per heavy atom. The number of esters is 1. The van der Waals surface area contributed by atoms with Crippen molar-refractivity contribution in [1.82, 2.24) is 0 Å². The summed E-state index contributed by atoms with van der Waals surface area (Å²) < 4.78 is 28.1. The van der Waals surface area contributed by atoms with Gasteiger partial charge in [-0.2, -0.15) is 5.26 Å². The molecule has 2 heterocycles. The minimum absolute atomic E-state index is 0.0571. The summed E-state index contributed by atoms with van der Waals surface area (Å²) in [5.41, 5.74) is 8.83. The zero-order valence-electron chi connectivity index (χ0n) is 20.1. The van der Waals surface area contributed by atoms with Crippen LogP contribution in [0.5, 0.6) is 23.0 Å². The van der Waals surface area contributed by atoms with E-state index in [4.69, 9.17) is 40.7 Å². The number of aryl methyl sites for hydroxylation is 1. The molecule has 1 aromatic heterocycles. The van der Waals surface area contributed by atoms with Crippen LogP contribution in [-0.4, -0.2) is 20.2 Å². The Morgan fingerprint density at radius 2 is 1.89 bits per heavy atom. The number of carbonyl (C=O) groups excluding carboxylic acids is 1. The Balaban J connectivity index is 1.53. The summed E-state index contributed by atoms with van der Waals surface area (Å²) in [5, 5.41) is 11.1. The van der Waals surface area contributed by atoms with E-state index in [2.05, 4.69) is 6.07 Å². The highest BCUT2D eigenvalue weighted by molar-refractivity contribution is 6.31. The highest BCUT2D eigenvalue weighted by Crippen LogP contribution is 2.48. The second kappa shape index (κ2) is 9.45. The van der Waals surface area contributed by atoms with Crippen LogP contribution in [-0.2, 0) is 0 Å². The van der Waals surface area contributed by atoms with Crippen molar-refractivity contribution in [2.45, 2.75) is 12.8 Å². The Labute approximate surface area is 217 Å². The molecule has 0 saturated heterocycles. The molecule has 0 spiro atoms. The number of hydrogen-bond donors (Lipinski definition) is 1. The molecule has 9 heteroatoms. The van der Waals surface area contributed by atoms with E-state index < -0.39 is 11.9 Å². The van der Waals surface area contributed by atoms with Gasteiger partial charge in [-0.3, -0.25) is 0 Å². The molecule has 2 N–H and O–H groups in total. The van der Waals surface area contributed by atoms with Gasteiger partial charge < -0.3 is 29.1 Å². The summed E-state index contributed by atoms with van der Waals surface area (Å²) in [4.78, 5) is 13.0. The molecule has 1 atom stereocenters. The van der Waals surface area contributed by atoms with Crippen LogP contribution in [0.25, 0.3) is 11.0 Å². The molecule has 0 amide bonds. The lowest BCUT2D eigenvalue weighted by atomic mass is 9.83. The fourth-order valence-corrected chi connectivity index (χ4v) is 4.67. The Bertz CT molecular complexity index is 1630. The average molecular weight is 517 g/mol. The number of ether oxygens (including phenoxy) is 4. The minimum atomic E-state index is -0.673. The number of halogens is 1. The summed E-state index contributed by atoms with van der Waals surface area (Å²) in [5.74, 6) is 0.283. The molecule has 3 aromatic carbocycles. The van der Waals surface area contributed by atoms with Crippen LogP contribution in [0.4, 0.5) is 0 Å². The molecular weight excluding hydrogens is 496 g/mol. The number of nitrogens with two attached hydrogens (primary N) is 1. The Kier molecular flexibility index (Phi) is 6.15. The number of rotatable bonds is 5. The summed E-state index contributed by atoms with van der Waals surface area (Å²) in [7, 11) is 3.06. The first-order chi connectivity index (χ1) is 17.9. The van der Waals surface area contributed by atoms with Crippen LogP contribution < -0.4 is 24.7 Å². The standard InChI is InChI=1S/C28H21ClN2O6/c1-14-19-11-15(29)7-10-21(19)36-25(14)28(32)35-16-8-9-17-23(12-16)37-27(31)20(13-30)24(17)18-5-4-6-22(33-2)26(18)34-3/h4-12,24H,31H2,1-3H3. The molecule has 0 bridgehead atoms. The second-order valence-electron chi connectivity index (χ2n) is 8.29. The van der Waals surface area contributed by atoms with E-state index in [1.807, 2.05) is 6.07 Å². The lowest BCUT2D eigenvalue weighted by Gasteiger charge is -2.28. The average Bonchev–Trinajstić information content (AvgIpc) is 3.22. The van der Waals surface area contributed by atoms with Crippen molar-refractivity contribution in [2.75, 3.05) is 14.2 Å². The molecule has 1 aliphatic rings. The van der Waals surface area contributed by atoms with Crippen molar-refractivity contribution in [3.63, 3.8) is 0 Å². The maximum Gasteiger partial charge on any atom is 0.379 e. The second-order valence-corrected chi connectivity index (χ2v) is 8.73. The van der Waals surface area contributed by atoms with Gasteiger partial charge in [0.15, 0.2) is 11.5 Å². The number of hydrogen-bond acceptors (Lipinski definition) is 8. The smallest absolute Gasteiger partial charge is 0.379 e. The fraction of sp³-hybridized carbons (Fsp3) is 0.143. The topological polar surface area (TPSA) is 117 Å². The van der Waals surface area contributed by atoms with E-state index >= 15 is 0 Å². The predicted molar refractivity (Wildman–Crippen MR) is 136 cm³/mol. The third-order valence-corrected chi connectivity index (χ3v) is 6.46. The number of benzene rings is 3. The number of furan rings is 1. The van der Waals surface area contributed by atoms with Crippen molar-refractivity contribution < 1.29 is 28.2 Å². The molecule has 4 aromatic rings. The van der Waals surface area contributed by atoms with Gasteiger partial charge in [0.25, 0.3) is 0 Å². The van der Waals surface area contributed by atoms with E-state index in [0.29, 0.717) is 44.5 Å². The zero-order chi connectivity index (χ0) is 26.3. The van der Waals surface area contributed by atoms with Crippen molar-refractivity contribution in [3.8, 4) is 29.1 Å². The maximum absolute atomic E-state index is 13.0. The van der Waals surface area contributed by atoms with Gasteiger partial charge in [-0.05, 0) is 37.3 Å². The van der Waals surface area contributed by atoms with Gasteiger partial charge in [0.2, 0.25) is 11.6 Å². The molecule has 5 rings (SSSR count). The van der Waals surface area contributed by atoms with Crippen molar-refractivity contribution in [1.29, 1.82) is 5.26 Å². The van der Waals surface area contributed by atoms with Crippen LogP contribution in [0.2, 0.25) is 5.02 Å². The lowest BCUT2D eigenvalue weighted by molar-refractivity contribution is 0.0702. The van der Waals surface area contributed by atoms with Crippen LogP contribution >= 0.6 is 11.6 Å². The van der Waals surface area contributed by atoms with Gasteiger partial charge in [0.1, 0.15) is 28.7 Å². The van der Waals surface area contributed by atoms with Gasteiger partial charge in [0.05, 0.1) is 20.1 Å². The highest BCUT2D eigenvalue weighted by Gasteiger charge is 2.34. The first-order valence-electron chi connectivity index (χ1n) is 11.2. The quantitative estimate of drug-likeness (QED) is 0.259. The molecule has 0 aliphatic carbocycles. The molecule has 1 unspecified atom stereocenters. The summed E-state index contributed by atoms with van der Waals surface area (Å²) in [6, 6.07) is 17.5. The molecular formula is C28H21ClN2O6. The molecule has 0 fully saturated rings. The van der Waals surface area contributed by atoms with Crippen LogP contribution in [0, 0.1) is 18.3 Å². The first-order valence-corrected chi connectivity index (χ1v) is 11.6. The third kappa shape index (κ3) is 4.09. The SMILES string of the molecule is COc1cccc(C2C(C#N)=C(N)Oc3cc(OC(=O)c4oc5ccc(Cl)cc5c4C)ccc32)c1OC. The van der Waals surface area contributed by atoms with E-state index in [1.54, 1.807) is 55.5 Å². The molecule has 1 aliphatic heterocycles. The van der Waals surface area contributed by atoms with Gasteiger partial charge in [-0.15, -0.1) is 0 Å². The van der Waals surface area contributed by atoms with E-state index in [-0.39, 0.29) is 23.0 Å². The fourth-order valence-electron chi connectivity index (χ4n) is 4.50. The molecule has 37 heavy (non-hydrogen) atoms. The highest BCUT2D eigenvalue weighted by atomic mass is 35.5. The number of fused-ring (bicyclic) bond motifs is 2. The predicted octanol–water partition coefficient (Wildman–Crippen LogP) is 5.85. The number of nitrogens with zero attached hydrogens (tertiary/aromatic N) is 1. The van der Waals surface area contributed by atoms with Crippen molar-refractivity contribution in [3.05, 3.63) is 93.5 Å². The van der Waals surface area contributed by atoms with Gasteiger partial charge in [-0.1, -0.05) is 29.8 Å². The first kappa shape index (κ1) is 24.1. The molecule has 0 radical (unpaired) electrons. The lowest BCUT2D eigenvalue weighted by Crippen LogP contribution is -2.21. The van der Waals surface area contributed by atoms with Crippen molar-refractivity contribution >= 4 is 28.5 Å². The van der Waals surface area contributed by atoms with Crippen LogP contribution in [0.15, 0.2) is 70.5 Å². The number of carbonyl (C=O) groups is 1. The minimum Gasteiger partial charge on any atom is -0.493 e. The largest absolute Gasteiger partial charge is 0.493 e. The van der Waals surface area contributed by atoms with E-state index in [9.17, 15) is 10.1 Å². The van der Waals surface area contributed by atoms with Crippen molar-refractivity contribution in [2.24, 2.45) is 5.73 Å². The number of para-hydroxylation sites is 1. The zero-order valence-corrected chi connectivity index (χ0v) is 20.9. The monoisotopic (exact) mass is 516 g/mol. The number of allylic oxidation sites excluding steroid dienone is 1. The van der Waals surface area contributed by atoms with E-state index in [1.165, 1.54) is 14.2 Å². The van der Waals surface area contributed by atoms with Crippen LogP contribution in [0.1, 0.15) is 33.2 Å². The van der Waals surface area contributed by atoms with Gasteiger partial charge in [0, 0.05) is 33.2 Å². The number of methoxy groups -OCH3 is 2. The normalized spacial score (nSPS) is 14.5. The maximum atomic E-state index is 13.0. The van der Waals surface area contributed by atoms with Gasteiger partial charge >= 0.3 is 5.97 Å². The summed E-state index contributed by atoms with van der Waals surface area (Å²) in [6.07, 6.45) is 0. The third-order valence-electron chi connectivity index (χ3n) is 6.23. The Morgan fingerprint density at radius 1 is 1.08 bits per heavy atom. The molecule has 8 nitrogen and oxygen atoms in total. The van der Waals surface area contributed by atoms with E-state index in [0.717, 1.165) is 5.39 Å². The van der Waals surface area contributed by atoms with Gasteiger partial charge in [-0.25, -0.2) is 4.79 Å². The number of nitriles is 1. The summed E-state index contributed by atoms with van der Waals surface area (Å²) >= 11 is 6.08. The summed E-state index contributed by atoms with van der Waals surface area (Å²) in [6.45, 7) is 1.76. The Hall–Kier alpha value is -4.61. The van der Waals surface area contributed by atoms with Crippen LogP contribution in [0.3, 0.4) is 0 Å². The molecule has 0 saturated carbocycles.